The van der Waals surface area contributed by atoms with E-state index in [-0.39, 0.29) is 5.41 Å². The average molecular weight is 335 g/mol. The van der Waals surface area contributed by atoms with Crippen molar-refractivity contribution in [2.24, 2.45) is 17.5 Å². The number of guanidine groups is 1. The topological polar surface area (TPSA) is 63.5 Å². The van der Waals surface area contributed by atoms with Crippen molar-refractivity contribution in [3.8, 4) is 0 Å². The van der Waals surface area contributed by atoms with Crippen LogP contribution in [0, 0.1) is 5.41 Å². The fraction of sp³-hybridized carbons (Fsp3) is 0.778. The molecule has 1 aromatic heterocycles. The summed E-state index contributed by atoms with van der Waals surface area (Å²) in [4.78, 5) is 4.70. The van der Waals surface area contributed by atoms with Crippen molar-refractivity contribution in [1.29, 1.82) is 0 Å². The van der Waals surface area contributed by atoms with Crippen LogP contribution in [0.25, 0.3) is 0 Å². The van der Waals surface area contributed by atoms with Crippen molar-refractivity contribution in [3.63, 3.8) is 0 Å². The Morgan fingerprint density at radius 2 is 2.25 bits per heavy atom. The van der Waals surface area contributed by atoms with E-state index >= 15 is 0 Å². The highest BCUT2D eigenvalue weighted by molar-refractivity contribution is 5.80. The molecule has 24 heavy (non-hydrogen) atoms. The second-order valence-corrected chi connectivity index (χ2v) is 7.11. The van der Waals surface area contributed by atoms with Gasteiger partial charge in [-0.1, -0.05) is 27.2 Å². The van der Waals surface area contributed by atoms with Gasteiger partial charge in [-0.05, 0) is 25.8 Å². The standard InChI is InChI=1S/C18H33N5O/c1-6-8-11-24-16-12-15(18(16,3)4)22-17(19-7-2)20-13-14-9-10-21-23(14)5/h9-10,15-16H,6-8,11-13H2,1-5H3,(H2,19,20,22). The van der Waals surface area contributed by atoms with Crippen LogP contribution in [-0.4, -0.2) is 41.0 Å². The van der Waals surface area contributed by atoms with Gasteiger partial charge in [-0.25, -0.2) is 4.99 Å². The van der Waals surface area contributed by atoms with Crippen molar-refractivity contribution < 1.29 is 4.74 Å². The summed E-state index contributed by atoms with van der Waals surface area (Å²) in [7, 11) is 1.94. The third-order valence-corrected chi connectivity index (χ3v) is 4.97. The lowest BCUT2D eigenvalue weighted by molar-refractivity contribution is -0.113. The highest BCUT2D eigenvalue weighted by atomic mass is 16.5. The van der Waals surface area contributed by atoms with Crippen LogP contribution in [0.3, 0.4) is 0 Å². The molecule has 2 atom stereocenters. The molecule has 0 amide bonds. The van der Waals surface area contributed by atoms with Crippen LogP contribution >= 0.6 is 0 Å². The van der Waals surface area contributed by atoms with Crippen molar-refractivity contribution in [2.75, 3.05) is 13.2 Å². The first-order valence-electron chi connectivity index (χ1n) is 9.12. The minimum absolute atomic E-state index is 0.121. The van der Waals surface area contributed by atoms with Crippen molar-refractivity contribution in [1.82, 2.24) is 20.4 Å². The molecule has 0 spiro atoms. The number of nitrogens with one attached hydrogen (secondary N) is 2. The van der Waals surface area contributed by atoms with E-state index in [1.807, 2.05) is 17.8 Å². The average Bonchev–Trinajstić information content (AvgIpc) is 2.96. The van der Waals surface area contributed by atoms with E-state index in [4.69, 9.17) is 9.73 Å². The first-order valence-corrected chi connectivity index (χ1v) is 9.12. The van der Waals surface area contributed by atoms with Gasteiger partial charge in [0, 0.05) is 37.9 Å². The smallest absolute Gasteiger partial charge is 0.191 e. The van der Waals surface area contributed by atoms with Crippen molar-refractivity contribution in [3.05, 3.63) is 18.0 Å². The molecule has 1 saturated carbocycles. The minimum atomic E-state index is 0.121. The first-order chi connectivity index (χ1) is 11.5. The Morgan fingerprint density at radius 3 is 2.83 bits per heavy atom. The van der Waals surface area contributed by atoms with Crippen molar-refractivity contribution in [2.45, 2.75) is 65.6 Å². The number of ether oxygens (including phenoxy) is 1. The third-order valence-electron chi connectivity index (χ3n) is 4.97. The van der Waals surface area contributed by atoms with Gasteiger partial charge in [0.25, 0.3) is 0 Å². The lowest BCUT2D eigenvalue weighted by Gasteiger charge is -2.52. The third kappa shape index (κ3) is 4.50. The summed E-state index contributed by atoms with van der Waals surface area (Å²) < 4.78 is 7.89. The molecule has 0 aliphatic heterocycles. The van der Waals surface area contributed by atoms with Gasteiger partial charge in [0.15, 0.2) is 5.96 Å². The summed E-state index contributed by atoms with van der Waals surface area (Å²) in [5.41, 5.74) is 1.22. The predicted octanol–water partition coefficient (Wildman–Crippen LogP) is 2.46. The lowest BCUT2D eigenvalue weighted by atomic mass is 9.64. The maximum Gasteiger partial charge on any atom is 0.191 e. The number of nitrogens with zero attached hydrogens (tertiary/aromatic N) is 3. The predicted molar refractivity (Wildman–Crippen MR) is 98.0 cm³/mol. The maximum atomic E-state index is 6.03. The molecule has 2 N–H and O–H groups in total. The molecule has 136 valence electrons. The molecule has 1 aliphatic carbocycles. The van der Waals surface area contributed by atoms with Crippen LogP contribution in [0.4, 0.5) is 0 Å². The Kier molecular flexibility index (Phi) is 6.66. The van der Waals surface area contributed by atoms with E-state index in [0.717, 1.165) is 37.6 Å². The number of aliphatic imine (C=N–C) groups is 1. The molecular formula is C18H33N5O. The maximum absolute atomic E-state index is 6.03. The van der Waals surface area contributed by atoms with E-state index in [9.17, 15) is 0 Å². The minimum Gasteiger partial charge on any atom is -0.378 e. The summed E-state index contributed by atoms with van der Waals surface area (Å²) in [5.74, 6) is 0.865. The summed E-state index contributed by atoms with van der Waals surface area (Å²) in [6.45, 7) is 11.2. The fourth-order valence-electron chi connectivity index (χ4n) is 2.98. The Balaban J connectivity index is 1.90. The highest BCUT2D eigenvalue weighted by Crippen LogP contribution is 2.42. The van der Waals surface area contributed by atoms with Crippen LogP contribution in [0.5, 0.6) is 0 Å². The van der Waals surface area contributed by atoms with E-state index in [1.165, 1.54) is 6.42 Å². The van der Waals surface area contributed by atoms with E-state index in [2.05, 4.69) is 43.4 Å². The molecule has 6 heteroatoms. The number of rotatable bonds is 8. The zero-order valence-electron chi connectivity index (χ0n) is 15.8. The van der Waals surface area contributed by atoms with Gasteiger partial charge in [0.1, 0.15) is 0 Å². The molecule has 0 bridgehead atoms. The quantitative estimate of drug-likeness (QED) is 0.435. The first kappa shape index (κ1) is 18.8. The zero-order valence-corrected chi connectivity index (χ0v) is 15.8. The van der Waals surface area contributed by atoms with Gasteiger partial charge < -0.3 is 15.4 Å². The Labute approximate surface area is 146 Å². The van der Waals surface area contributed by atoms with E-state index < -0.39 is 0 Å². The molecule has 1 aliphatic rings. The van der Waals surface area contributed by atoms with Crippen LogP contribution in [-0.2, 0) is 18.3 Å². The summed E-state index contributed by atoms with van der Waals surface area (Å²) >= 11 is 0. The van der Waals surface area contributed by atoms with Gasteiger partial charge in [0.2, 0.25) is 0 Å². The summed E-state index contributed by atoms with van der Waals surface area (Å²) in [6.07, 6.45) is 5.49. The van der Waals surface area contributed by atoms with Crippen molar-refractivity contribution >= 4 is 5.96 Å². The monoisotopic (exact) mass is 335 g/mol. The van der Waals surface area contributed by atoms with Crippen LogP contribution in [0.2, 0.25) is 0 Å². The second kappa shape index (κ2) is 8.51. The summed E-state index contributed by atoms with van der Waals surface area (Å²) in [6, 6.07) is 2.38. The fourth-order valence-corrected chi connectivity index (χ4v) is 2.98. The number of aromatic nitrogens is 2. The normalized spacial score (nSPS) is 23.0. The highest BCUT2D eigenvalue weighted by Gasteiger charge is 2.49. The molecule has 0 saturated heterocycles. The Bertz CT molecular complexity index is 537. The molecule has 1 aromatic rings. The molecule has 1 fully saturated rings. The number of hydrogen-bond donors (Lipinski definition) is 2. The lowest BCUT2D eigenvalue weighted by Crippen LogP contribution is -2.63. The number of aryl methyl sites for hydroxylation is 1. The number of unbranched alkanes of at least 4 members (excludes halogenated alkanes) is 1. The van der Waals surface area contributed by atoms with Crippen LogP contribution < -0.4 is 10.6 Å². The molecule has 2 rings (SSSR count). The molecule has 2 unspecified atom stereocenters. The van der Waals surface area contributed by atoms with Crippen LogP contribution in [0.1, 0.15) is 52.7 Å². The van der Waals surface area contributed by atoms with Gasteiger partial charge in [-0.3, -0.25) is 4.68 Å². The van der Waals surface area contributed by atoms with E-state index in [0.29, 0.717) is 18.7 Å². The molecule has 1 heterocycles. The SMILES string of the molecule is CCCCOC1CC(NC(=NCc2ccnn2C)NCC)C1(C)C. The second-order valence-electron chi connectivity index (χ2n) is 7.11. The number of hydrogen-bond acceptors (Lipinski definition) is 3. The van der Waals surface area contributed by atoms with Crippen LogP contribution in [0.15, 0.2) is 17.3 Å². The van der Waals surface area contributed by atoms with Gasteiger partial charge >= 0.3 is 0 Å². The Hall–Kier alpha value is -1.56. The van der Waals surface area contributed by atoms with Gasteiger partial charge in [0.05, 0.1) is 18.3 Å². The zero-order chi connectivity index (χ0) is 17.6. The molecular weight excluding hydrogens is 302 g/mol. The molecule has 0 aromatic carbocycles. The van der Waals surface area contributed by atoms with Gasteiger partial charge in [-0.15, -0.1) is 0 Å². The molecule has 0 radical (unpaired) electrons. The van der Waals surface area contributed by atoms with E-state index in [1.54, 1.807) is 6.20 Å². The van der Waals surface area contributed by atoms with Gasteiger partial charge in [-0.2, -0.15) is 5.10 Å². The largest absolute Gasteiger partial charge is 0.378 e. The summed E-state index contributed by atoms with van der Waals surface area (Å²) in [5, 5.41) is 11.1. The molecule has 6 nitrogen and oxygen atoms in total. The Morgan fingerprint density at radius 1 is 1.46 bits per heavy atom.